The van der Waals surface area contributed by atoms with Crippen LogP contribution in [0.5, 0.6) is 0 Å². The molecule has 0 heteroatoms. The fourth-order valence-corrected chi connectivity index (χ4v) is 2.93. The Kier molecular flexibility index (Phi) is 0.980. The molecule has 0 spiro atoms. The zero-order valence-corrected chi connectivity index (χ0v) is 6.48. The number of fused-ring (bicyclic) bond motifs is 1. The van der Waals surface area contributed by atoms with Crippen LogP contribution in [-0.2, 0) is 0 Å². The van der Waals surface area contributed by atoms with Gasteiger partial charge in [-0.2, -0.15) is 0 Å². The van der Waals surface area contributed by atoms with Gasteiger partial charge in [0, 0.05) is 0 Å². The molecule has 2 aliphatic carbocycles. The highest BCUT2D eigenvalue weighted by Gasteiger charge is 2.63. The first-order chi connectivity index (χ1) is 4.28. The van der Waals surface area contributed by atoms with Crippen molar-refractivity contribution in [3.8, 4) is 0 Å². The van der Waals surface area contributed by atoms with Crippen LogP contribution in [-0.4, -0.2) is 0 Å². The van der Waals surface area contributed by atoms with Crippen LogP contribution in [0.2, 0.25) is 0 Å². The summed E-state index contributed by atoms with van der Waals surface area (Å²) in [6.07, 6.45) is 6.04. The van der Waals surface area contributed by atoms with Gasteiger partial charge in [-0.3, -0.25) is 0 Å². The first kappa shape index (κ1) is 5.76. The molecule has 2 saturated carbocycles. The molecular weight excluding hydrogens is 108 g/mol. The van der Waals surface area contributed by atoms with Crippen LogP contribution in [0, 0.1) is 17.3 Å². The monoisotopic (exact) mass is 124 g/mol. The van der Waals surface area contributed by atoms with Crippen LogP contribution in [0.3, 0.4) is 0 Å². The molecule has 0 aliphatic heterocycles. The lowest BCUT2D eigenvalue weighted by Gasteiger charge is -2.31. The van der Waals surface area contributed by atoms with Gasteiger partial charge in [0.25, 0.3) is 0 Å². The Morgan fingerprint density at radius 1 is 1.44 bits per heavy atom. The predicted octanol–water partition coefficient (Wildman–Crippen LogP) is 2.83. The minimum atomic E-state index is 0.911. The third-order valence-corrected chi connectivity index (χ3v) is 3.42. The lowest BCUT2D eigenvalue weighted by atomic mass is 9.74. The average Bonchev–Trinajstić information content (AvgIpc) is 2.38. The van der Waals surface area contributed by atoms with Crippen LogP contribution in [0.25, 0.3) is 0 Å². The lowest BCUT2D eigenvalue weighted by molar-refractivity contribution is 0.182. The molecule has 3 unspecified atom stereocenters. The maximum absolute atomic E-state index is 2.41. The van der Waals surface area contributed by atoms with Gasteiger partial charge in [0.15, 0.2) is 0 Å². The Morgan fingerprint density at radius 2 is 2.22 bits per heavy atom. The quantitative estimate of drug-likeness (QED) is 0.531. The van der Waals surface area contributed by atoms with Gasteiger partial charge in [-0.1, -0.05) is 20.3 Å². The van der Waals surface area contributed by atoms with Crippen molar-refractivity contribution in [2.75, 3.05) is 0 Å². The summed E-state index contributed by atoms with van der Waals surface area (Å²) in [5.74, 6) is 2.24. The normalized spacial score (nSPS) is 54.0. The summed E-state index contributed by atoms with van der Waals surface area (Å²) in [6, 6.07) is 0. The Labute approximate surface area is 57.6 Å². The first-order valence-corrected chi connectivity index (χ1v) is 4.28. The highest BCUT2D eigenvalue weighted by molar-refractivity contribution is 5.13. The second-order valence-electron chi connectivity index (χ2n) is 4.10. The van der Waals surface area contributed by atoms with Gasteiger partial charge >= 0.3 is 0 Å². The van der Waals surface area contributed by atoms with Crippen molar-refractivity contribution in [3.63, 3.8) is 0 Å². The van der Waals surface area contributed by atoms with E-state index in [1.54, 1.807) is 12.8 Å². The molecule has 0 radical (unpaired) electrons. The largest absolute Gasteiger partial charge is 0.0654 e. The molecule has 0 saturated heterocycles. The fraction of sp³-hybridized carbons (Fsp3) is 1.00. The van der Waals surface area contributed by atoms with Crippen molar-refractivity contribution >= 4 is 0 Å². The smallest absolute Gasteiger partial charge is 0.0261 e. The Balaban J connectivity index is 1.89. The van der Waals surface area contributed by atoms with E-state index in [4.69, 9.17) is 0 Å². The molecule has 3 atom stereocenters. The van der Waals surface area contributed by atoms with E-state index in [0.717, 1.165) is 17.3 Å². The second kappa shape index (κ2) is 1.53. The van der Waals surface area contributed by atoms with Gasteiger partial charge < -0.3 is 0 Å². The van der Waals surface area contributed by atoms with Crippen LogP contribution in [0.1, 0.15) is 39.5 Å². The van der Waals surface area contributed by atoms with Crippen molar-refractivity contribution in [1.82, 2.24) is 0 Å². The van der Waals surface area contributed by atoms with Crippen LogP contribution < -0.4 is 0 Å². The molecule has 0 bridgehead atoms. The third-order valence-electron chi connectivity index (χ3n) is 3.42. The first-order valence-electron chi connectivity index (χ1n) is 4.28. The van der Waals surface area contributed by atoms with Gasteiger partial charge in [-0.05, 0) is 36.5 Å². The van der Waals surface area contributed by atoms with Gasteiger partial charge in [0.05, 0.1) is 0 Å². The van der Waals surface area contributed by atoms with Crippen molar-refractivity contribution in [2.24, 2.45) is 17.3 Å². The van der Waals surface area contributed by atoms with Gasteiger partial charge in [0.2, 0.25) is 0 Å². The molecule has 2 rings (SSSR count). The summed E-state index contributed by atoms with van der Waals surface area (Å²) in [5.41, 5.74) is 0.911. The fourth-order valence-electron chi connectivity index (χ4n) is 2.93. The van der Waals surface area contributed by atoms with E-state index < -0.39 is 0 Å². The minimum Gasteiger partial charge on any atom is -0.0654 e. The van der Waals surface area contributed by atoms with E-state index in [1.165, 1.54) is 12.8 Å². The van der Waals surface area contributed by atoms with Crippen LogP contribution in [0.4, 0.5) is 0 Å². The molecule has 2 fully saturated rings. The highest BCUT2D eigenvalue weighted by atomic mass is 14.7. The summed E-state index contributed by atoms with van der Waals surface area (Å²) in [7, 11) is 0. The molecule has 0 aromatic carbocycles. The van der Waals surface area contributed by atoms with E-state index >= 15 is 0 Å². The van der Waals surface area contributed by atoms with E-state index in [2.05, 4.69) is 13.8 Å². The summed E-state index contributed by atoms with van der Waals surface area (Å²) in [6.45, 7) is 4.72. The summed E-state index contributed by atoms with van der Waals surface area (Å²) >= 11 is 0. The standard InChI is InChI=1S/C9H16/c1-3-4-9-5-7(2)8(9)6-9/h7-8H,3-6H2,1-2H3. The molecule has 0 heterocycles. The minimum absolute atomic E-state index is 0.911. The average molecular weight is 124 g/mol. The van der Waals surface area contributed by atoms with Gasteiger partial charge in [-0.25, -0.2) is 0 Å². The molecule has 0 aromatic rings. The van der Waals surface area contributed by atoms with Crippen molar-refractivity contribution < 1.29 is 0 Å². The van der Waals surface area contributed by atoms with Crippen molar-refractivity contribution in [2.45, 2.75) is 39.5 Å². The molecule has 9 heavy (non-hydrogen) atoms. The maximum Gasteiger partial charge on any atom is -0.0261 e. The molecule has 0 amide bonds. The second-order valence-corrected chi connectivity index (χ2v) is 4.10. The number of rotatable bonds is 2. The van der Waals surface area contributed by atoms with Crippen molar-refractivity contribution in [1.29, 1.82) is 0 Å². The van der Waals surface area contributed by atoms with E-state index in [9.17, 15) is 0 Å². The Bertz CT molecular complexity index is 124. The van der Waals surface area contributed by atoms with Gasteiger partial charge in [-0.15, -0.1) is 0 Å². The van der Waals surface area contributed by atoms with Crippen LogP contribution in [0.15, 0.2) is 0 Å². The lowest BCUT2D eigenvalue weighted by Crippen LogP contribution is -2.23. The molecule has 0 aromatic heterocycles. The summed E-state index contributed by atoms with van der Waals surface area (Å²) < 4.78 is 0. The number of hydrogen-bond donors (Lipinski definition) is 0. The van der Waals surface area contributed by atoms with E-state index in [1.807, 2.05) is 0 Å². The third kappa shape index (κ3) is 0.595. The highest BCUT2D eigenvalue weighted by Crippen LogP contribution is 2.72. The summed E-state index contributed by atoms with van der Waals surface area (Å²) in [5, 5.41) is 0. The van der Waals surface area contributed by atoms with E-state index in [-0.39, 0.29) is 0 Å². The molecule has 2 aliphatic rings. The van der Waals surface area contributed by atoms with E-state index in [0.29, 0.717) is 0 Å². The molecule has 0 N–H and O–H groups in total. The van der Waals surface area contributed by atoms with Crippen LogP contribution >= 0.6 is 0 Å². The topological polar surface area (TPSA) is 0 Å². The Morgan fingerprint density at radius 3 is 2.56 bits per heavy atom. The predicted molar refractivity (Wildman–Crippen MR) is 39.2 cm³/mol. The number of hydrogen-bond acceptors (Lipinski definition) is 0. The molecular formula is C9H16. The Hall–Kier alpha value is 0. The zero-order valence-electron chi connectivity index (χ0n) is 6.48. The van der Waals surface area contributed by atoms with Gasteiger partial charge in [0.1, 0.15) is 0 Å². The zero-order chi connectivity index (χ0) is 6.48. The maximum atomic E-state index is 2.41. The molecule has 52 valence electrons. The van der Waals surface area contributed by atoms with Crippen molar-refractivity contribution in [3.05, 3.63) is 0 Å². The SMILES string of the molecule is CCCC12CC(C)C1C2. The molecule has 0 nitrogen and oxygen atoms in total. The summed E-state index contributed by atoms with van der Waals surface area (Å²) in [4.78, 5) is 0.